The fourth-order valence-corrected chi connectivity index (χ4v) is 1.53. The van der Waals surface area contributed by atoms with E-state index >= 15 is 0 Å². The minimum absolute atomic E-state index is 0.154. The molecular weight excluding hydrogens is 277 g/mol. The molecule has 7 heteroatoms. The van der Waals surface area contributed by atoms with Crippen molar-refractivity contribution < 1.29 is 19.1 Å². The van der Waals surface area contributed by atoms with Crippen molar-refractivity contribution in [2.45, 2.75) is 0 Å². The first-order valence-electron chi connectivity index (χ1n) is 5.84. The normalized spacial score (nSPS) is 10.5. The van der Waals surface area contributed by atoms with Gasteiger partial charge in [-0.1, -0.05) is 0 Å². The van der Waals surface area contributed by atoms with Crippen LogP contribution in [0.4, 0.5) is 10.2 Å². The predicted octanol–water partition coefficient (Wildman–Crippen LogP) is 1.97. The highest BCUT2D eigenvalue weighted by Crippen LogP contribution is 2.11. The number of rotatable bonds is 4. The molecule has 0 aromatic carbocycles. The number of halogens is 1. The van der Waals surface area contributed by atoms with Gasteiger partial charge in [0.05, 0.1) is 11.8 Å². The van der Waals surface area contributed by atoms with E-state index in [1.54, 1.807) is 6.07 Å². The third kappa shape index (κ3) is 3.93. The average molecular weight is 287 g/mol. The van der Waals surface area contributed by atoms with Crippen LogP contribution in [0.15, 0.2) is 42.9 Å². The quantitative estimate of drug-likeness (QED) is 0.839. The van der Waals surface area contributed by atoms with Crippen molar-refractivity contribution in [3.63, 3.8) is 0 Å². The molecule has 2 rings (SSSR count). The van der Waals surface area contributed by atoms with Gasteiger partial charge in [0, 0.05) is 18.5 Å². The maximum Gasteiger partial charge on any atom is 0.328 e. The van der Waals surface area contributed by atoms with Crippen molar-refractivity contribution in [2.24, 2.45) is 0 Å². The van der Waals surface area contributed by atoms with Gasteiger partial charge >= 0.3 is 5.97 Å². The summed E-state index contributed by atoms with van der Waals surface area (Å²) in [6.45, 7) is 0. The van der Waals surface area contributed by atoms with E-state index in [0.29, 0.717) is 5.56 Å². The lowest BCUT2D eigenvalue weighted by molar-refractivity contribution is -0.131. The maximum absolute atomic E-state index is 13.4. The van der Waals surface area contributed by atoms with Crippen LogP contribution >= 0.6 is 0 Å². The van der Waals surface area contributed by atoms with Gasteiger partial charge in [0.2, 0.25) is 0 Å². The zero-order valence-electron chi connectivity index (χ0n) is 10.7. The van der Waals surface area contributed by atoms with E-state index in [-0.39, 0.29) is 11.4 Å². The largest absolute Gasteiger partial charge is 0.478 e. The molecule has 0 atom stereocenters. The Kier molecular flexibility index (Phi) is 4.35. The monoisotopic (exact) mass is 287 g/mol. The first kappa shape index (κ1) is 14.3. The van der Waals surface area contributed by atoms with Gasteiger partial charge in [-0.05, 0) is 29.8 Å². The standard InChI is InChI=1S/C14H10FN3O3/c15-11-8-16-5-4-10(11)14(21)18-12-7-9(3-6-17-12)1-2-13(19)20/h1-8H,(H,19,20)(H,17,18,21)/b2-1+. The number of carbonyl (C=O) groups is 2. The fraction of sp³-hybridized carbons (Fsp3) is 0. The number of anilines is 1. The summed E-state index contributed by atoms with van der Waals surface area (Å²) in [5, 5.41) is 11.0. The molecule has 0 aliphatic heterocycles. The SMILES string of the molecule is O=C(O)/C=C/c1ccnc(NC(=O)c2ccncc2F)c1. The highest BCUT2D eigenvalue weighted by atomic mass is 19.1. The van der Waals surface area contributed by atoms with Crippen LogP contribution in [0, 0.1) is 5.82 Å². The van der Waals surface area contributed by atoms with E-state index in [1.807, 2.05) is 0 Å². The van der Waals surface area contributed by atoms with E-state index in [2.05, 4.69) is 15.3 Å². The smallest absolute Gasteiger partial charge is 0.328 e. The summed E-state index contributed by atoms with van der Waals surface area (Å²) in [7, 11) is 0. The molecule has 106 valence electrons. The van der Waals surface area contributed by atoms with Gasteiger partial charge in [0.15, 0.2) is 5.82 Å². The Morgan fingerprint density at radius 2 is 2.10 bits per heavy atom. The van der Waals surface area contributed by atoms with E-state index in [0.717, 1.165) is 12.3 Å². The van der Waals surface area contributed by atoms with Crippen molar-refractivity contribution in [1.29, 1.82) is 0 Å². The van der Waals surface area contributed by atoms with Gasteiger partial charge < -0.3 is 10.4 Å². The van der Waals surface area contributed by atoms with Crippen LogP contribution in [-0.2, 0) is 4.79 Å². The van der Waals surface area contributed by atoms with Crippen LogP contribution in [0.2, 0.25) is 0 Å². The summed E-state index contributed by atoms with van der Waals surface area (Å²) in [5.41, 5.74) is 0.385. The summed E-state index contributed by atoms with van der Waals surface area (Å²) >= 11 is 0. The number of amides is 1. The number of aliphatic carboxylic acids is 1. The molecule has 0 unspecified atom stereocenters. The molecule has 0 spiro atoms. The van der Waals surface area contributed by atoms with E-state index in [9.17, 15) is 14.0 Å². The van der Waals surface area contributed by atoms with E-state index in [4.69, 9.17) is 5.11 Å². The number of hydrogen-bond acceptors (Lipinski definition) is 4. The van der Waals surface area contributed by atoms with Crippen LogP contribution in [0.1, 0.15) is 15.9 Å². The zero-order chi connectivity index (χ0) is 15.2. The van der Waals surface area contributed by atoms with Crippen molar-refractivity contribution in [2.75, 3.05) is 5.32 Å². The second kappa shape index (κ2) is 6.38. The molecule has 0 fully saturated rings. The van der Waals surface area contributed by atoms with E-state index < -0.39 is 17.7 Å². The zero-order valence-corrected chi connectivity index (χ0v) is 10.7. The molecule has 2 heterocycles. The maximum atomic E-state index is 13.4. The molecule has 0 radical (unpaired) electrons. The highest BCUT2D eigenvalue weighted by molar-refractivity contribution is 6.04. The van der Waals surface area contributed by atoms with Crippen molar-refractivity contribution in [3.8, 4) is 0 Å². The Balaban J connectivity index is 2.17. The molecule has 1 amide bonds. The first-order chi connectivity index (χ1) is 10.1. The lowest BCUT2D eigenvalue weighted by Gasteiger charge is -2.05. The molecule has 0 saturated carbocycles. The number of aromatic nitrogens is 2. The Morgan fingerprint density at radius 3 is 2.81 bits per heavy atom. The summed E-state index contributed by atoms with van der Waals surface area (Å²) in [6.07, 6.45) is 5.96. The van der Waals surface area contributed by atoms with Crippen LogP contribution in [0.25, 0.3) is 6.08 Å². The van der Waals surface area contributed by atoms with Crippen molar-refractivity contribution in [3.05, 3.63) is 59.8 Å². The molecule has 2 aromatic heterocycles. The molecule has 2 N–H and O–H groups in total. The second-order valence-electron chi connectivity index (χ2n) is 3.96. The van der Waals surface area contributed by atoms with E-state index in [1.165, 1.54) is 30.6 Å². The number of carboxylic acid groups (broad SMARTS) is 1. The number of nitrogens with one attached hydrogen (secondary N) is 1. The van der Waals surface area contributed by atoms with Crippen molar-refractivity contribution >= 4 is 23.8 Å². The molecule has 6 nitrogen and oxygen atoms in total. The number of carbonyl (C=O) groups excluding carboxylic acids is 1. The van der Waals surface area contributed by atoms with Gasteiger partial charge in [-0.2, -0.15) is 0 Å². The van der Waals surface area contributed by atoms with Gasteiger partial charge in [0.25, 0.3) is 5.91 Å². The van der Waals surface area contributed by atoms with Gasteiger partial charge in [-0.15, -0.1) is 0 Å². The van der Waals surface area contributed by atoms with Crippen molar-refractivity contribution in [1.82, 2.24) is 9.97 Å². The number of carboxylic acids is 1. The van der Waals surface area contributed by atoms with Gasteiger partial charge in [-0.25, -0.2) is 14.2 Å². The Hall–Kier alpha value is -3.09. The topological polar surface area (TPSA) is 92.2 Å². The highest BCUT2D eigenvalue weighted by Gasteiger charge is 2.11. The summed E-state index contributed by atoms with van der Waals surface area (Å²) in [5.74, 6) is -2.31. The summed E-state index contributed by atoms with van der Waals surface area (Å²) in [6, 6.07) is 4.29. The van der Waals surface area contributed by atoms with Crippen LogP contribution in [0.5, 0.6) is 0 Å². The lowest BCUT2D eigenvalue weighted by atomic mass is 10.2. The van der Waals surface area contributed by atoms with Crippen LogP contribution < -0.4 is 5.32 Å². The van der Waals surface area contributed by atoms with Gasteiger partial charge in [0.1, 0.15) is 5.82 Å². The minimum Gasteiger partial charge on any atom is -0.478 e. The molecule has 0 saturated heterocycles. The van der Waals surface area contributed by atoms with Crippen LogP contribution in [0.3, 0.4) is 0 Å². The summed E-state index contributed by atoms with van der Waals surface area (Å²) in [4.78, 5) is 29.8. The Labute approximate surface area is 119 Å². The predicted molar refractivity (Wildman–Crippen MR) is 73.1 cm³/mol. The second-order valence-corrected chi connectivity index (χ2v) is 3.96. The molecule has 2 aromatic rings. The minimum atomic E-state index is -1.09. The molecular formula is C14H10FN3O3. The lowest BCUT2D eigenvalue weighted by Crippen LogP contribution is -2.14. The number of hydrogen-bond donors (Lipinski definition) is 2. The third-order valence-electron chi connectivity index (χ3n) is 2.46. The van der Waals surface area contributed by atoms with Crippen LogP contribution in [-0.4, -0.2) is 27.0 Å². The Bertz CT molecular complexity index is 716. The Morgan fingerprint density at radius 1 is 1.29 bits per heavy atom. The number of nitrogens with zero attached hydrogens (tertiary/aromatic N) is 2. The molecule has 0 aliphatic rings. The fourth-order valence-electron chi connectivity index (χ4n) is 1.53. The van der Waals surface area contributed by atoms with Gasteiger partial charge in [-0.3, -0.25) is 9.78 Å². The third-order valence-corrected chi connectivity index (χ3v) is 2.46. The first-order valence-corrected chi connectivity index (χ1v) is 5.84. The summed E-state index contributed by atoms with van der Waals surface area (Å²) < 4.78 is 13.4. The molecule has 0 aliphatic carbocycles. The average Bonchev–Trinajstić information content (AvgIpc) is 2.46. The molecule has 21 heavy (non-hydrogen) atoms. The molecule has 0 bridgehead atoms. The number of pyridine rings is 2.